The third kappa shape index (κ3) is 4.82. The monoisotopic (exact) mass is 426 g/mol. The average Bonchev–Trinajstić information content (AvgIpc) is 2.82. The van der Waals surface area contributed by atoms with Gasteiger partial charge in [-0.25, -0.2) is 8.42 Å². The number of carbonyl (C=O) groups is 1. The van der Waals surface area contributed by atoms with Crippen molar-refractivity contribution < 1.29 is 13.2 Å². The Morgan fingerprint density at radius 1 is 1.10 bits per heavy atom. The van der Waals surface area contributed by atoms with Crippen LogP contribution in [0.4, 0.5) is 0 Å². The van der Waals surface area contributed by atoms with Crippen LogP contribution in [0.15, 0.2) is 66.1 Å². The van der Waals surface area contributed by atoms with Gasteiger partial charge in [0.25, 0.3) is 0 Å². The van der Waals surface area contributed by atoms with E-state index in [1.807, 2.05) is 38.1 Å². The van der Waals surface area contributed by atoms with Gasteiger partial charge in [0.1, 0.15) is 6.04 Å². The quantitative estimate of drug-likeness (QED) is 0.684. The molecule has 0 saturated carbocycles. The number of benzene rings is 2. The summed E-state index contributed by atoms with van der Waals surface area (Å²) < 4.78 is 28.2. The van der Waals surface area contributed by atoms with E-state index in [4.69, 9.17) is 0 Å². The van der Waals surface area contributed by atoms with Gasteiger partial charge in [0.15, 0.2) is 0 Å². The molecule has 2 aromatic carbocycles. The summed E-state index contributed by atoms with van der Waals surface area (Å²) in [5, 5.41) is 2.96. The fraction of sp³-hybridized carbons (Fsp3) is 0.375. The highest BCUT2D eigenvalue weighted by molar-refractivity contribution is 7.89. The van der Waals surface area contributed by atoms with Gasteiger partial charge < -0.3 is 5.32 Å². The van der Waals surface area contributed by atoms with Crippen molar-refractivity contribution >= 4 is 21.5 Å². The maximum atomic E-state index is 13.4. The minimum absolute atomic E-state index is 0.160. The minimum Gasteiger partial charge on any atom is -0.355 e. The molecule has 0 aliphatic carbocycles. The van der Waals surface area contributed by atoms with E-state index in [9.17, 15) is 13.2 Å². The van der Waals surface area contributed by atoms with Crippen molar-refractivity contribution in [3.05, 3.63) is 72.3 Å². The molecule has 30 heavy (non-hydrogen) atoms. The Morgan fingerprint density at radius 3 is 2.47 bits per heavy atom. The molecule has 2 aromatic rings. The van der Waals surface area contributed by atoms with Gasteiger partial charge in [-0.1, -0.05) is 69.0 Å². The normalized spacial score (nSPS) is 17.2. The molecule has 0 saturated heterocycles. The van der Waals surface area contributed by atoms with Crippen molar-refractivity contribution in [1.29, 1.82) is 0 Å². The summed E-state index contributed by atoms with van der Waals surface area (Å²) in [7, 11) is -3.80. The Labute approximate surface area is 179 Å². The van der Waals surface area contributed by atoms with Crippen LogP contribution >= 0.6 is 0 Å². The van der Waals surface area contributed by atoms with Crippen molar-refractivity contribution in [2.45, 2.75) is 44.0 Å². The molecule has 6 heteroatoms. The Kier molecular flexibility index (Phi) is 7.10. The highest BCUT2D eigenvalue weighted by Crippen LogP contribution is 2.33. The molecule has 5 nitrogen and oxygen atoms in total. The van der Waals surface area contributed by atoms with Crippen molar-refractivity contribution in [3.8, 4) is 0 Å². The Hall–Kier alpha value is -2.44. The van der Waals surface area contributed by atoms with Crippen LogP contribution in [0, 0.1) is 5.92 Å². The van der Waals surface area contributed by atoms with Crippen LogP contribution in [0.5, 0.6) is 0 Å². The van der Waals surface area contributed by atoms with E-state index < -0.39 is 16.1 Å². The lowest BCUT2D eigenvalue weighted by molar-refractivity contribution is -0.126. The number of nitrogens with one attached hydrogen (secondary N) is 1. The number of carbonyl (C=O) groups excluding carboxylic acids is 1. The summed E-state index contributed by atoms with van der Waals surface area (Å²) in [6.07, 6.45) is 2.16. The Morgan fingerprint density at radius 2 is 1.77 bits per heavy atom. The first-order valence-electron chi connectivity index (χ1n) is 10.4. The number of amides is 1. The number of hydrogen-bond acceptors (Lipinski definition) is 3. The average molecular weight is 427 g/mol. The first kappa shape index (κ1) is 22.2. The van der Waals surface area contributed by atoms with Gasteiger partial charge in [-0.3, -0.25) is 4.79 Å². The number of fused-ring (bicyclic) bond motifs is 1. The predicted octanol–water partition coefficient (Wildman–Crippen LogP) is 3.87. The number of nitrogens with zero attached hydrogens (tertiary/aromatic N) is 1. The van der Waals surface area contributed by atoms with Crippen LogP contribution in [-0.2, 0) is 21.2 Å². The van der Waals surface area contributed by atoms with E-state index in [1.54, 1.807) is 18.2 Å². The van der Waals surface area contributed by atoms with Gasteiger partial charge >= 0.3 is 0 Å². The molecule has 1 atom stereocenters. The SMILES string of the molecule is C=C1CCN([C@H](C(=O)NCCCc2ccccc2)C(C)C)S(=O)(=O)c2ccccc21. The molecule has 160 valence electrons. The summed E-state index contributed by atoms with van der Waals surface area (Å²) in [6.45, 7) is 8.59. The summed E-state index contributed by atoms with van der Waals surface area (Å²) in [5.41, 5.74) is 2.64. The highest BCUT2D eigenvalue weighted by Gasteiger charge is 2.40. The first-order chi connectivity index (χ1) is 14.3. The topological polar surface area (TPSA) is 66.5 Å². The number of hydrogen-bond donors (Lipinski definition) is 1. The van der Waals surface area contributed by atoms with Gasteiger partial charge in [0.2, 0.25) is 15.9 Å². The maximum absolute atomic E-state index is 13.4. The zero-order chi connectivity index (χ0) is 21.7. The summed E-state index contributed by atoms with van der Waals surface area (Å²) in [5.74, 6) is -0.404. The smallest absolute Gasteiger partial charge is 0.244 e. The lowest BCUT2D eigenvalue weighted by atomic mass is 10.0. The van der Waals surface area contributed by atoms with Crippen LogP contribution < -0.4 is 5.32 Å². The van der Waals surface area contributed by atoms with E-state index in [1.165, 1.54) is 9.87 Å². The molecule has 1 heterocycles. The Balaban J connectivity index is 1.75. The van der Waals surface area contributed by atoms with Gasteiger partial charge in [0, 0.05) is 13.1 Å². The maximum Gasteiger partial charge on any atom is 0.244 e. The van der Waals surface area contributed by atoms with E-state index in [0.717, 1.165) is 18.4 Å². The van der Waals surface area contributed by atoms with Crippen LogP contribution in [0.3, 0.4) is 0 Å². The molecule has 1 amide bonds. The molecule has 1 aliphatic heterocycles. The van der Waals surface area contributed by atoms with E-state index in [0.29, 0.717) is 18.5 Å². The zero-order valence-corrected chi connectivity index (χ0v) is 18.5. The predicted molar refractivity (Wildman–Crippen MR) is 120 cm³/mol. The molecule has 0 radical (unpaired) electrons. The minimum atomic E-state index is -3.80. The molecule has 0 bridgehead atoms. The number of aryl methyl sites for hydroxylation is 1. The van der Waals surface area contributed by atoms with Crippen LogP contribution in [0.25, 0.3) is 5.57 Å². The fourth-order valence-corrected chi connectivity index (χ4v) is 5.88. The molecule has 0 unspecified atom stereocenters. The van der Waals surface area contributed by atoms with Gasteiger partial charge in [-0.05, 0) is 47.9 Å². The van der Waals surface area contributed by atoms with Crippen molar-refractivity contribution in [1.82, 2.24) is 9.62 Å². The van der Waals surface area contributed by atoms with Crippen molar-refractivity contribution in [2.24, 2.45) is 5.92 Å². The molecule has 0 fully saturated rings. The largest absolute Gasteiger partial charge is 0.355 e. The number of sulfonamides is 1. The summed E-state index contributed by atoms with van der Waals surface area (Å²) in [6, 6.07) is 16.3. The van der Waals surface area contributed by atoms with Crippen molar-refractivity contribution in [3.63, 3.8) is 0 Å². The van der Waals surface area contributed by atoms with Gasteiger partial charge in [-0.15, -0.1) is 0 Å². The molecule has 1 N–H and O–H groups in total. The summed E-state index contributed by atoms with van der Waals surface area (Å²) in [4.78, 5) is 13.3. The molecule has 1 aliphatic rings. The van der Waals surface area contributed by atoms with Crippen LogP contribution in [0.2, 0.25) is 0 Å². The third-order valence-corrected chi connectivity index (χ3v) is 7.42. The lowest BCUT2D eigenvalue weighted by Gasteiger charge is -2.31. The lowest BCUT2D eigenvalue weighted by Crippen LogP contribution is -2.52. The highest BCUT2D eigenvalue weighted by atomic mass is 32.2. The van der Waals surface area contributed by atoms with Crippen LogP contribution in [0.1, 0.15) is 37.8 Å². The second-order valence-electron chi connectivity index (χ2n) is 8.03. The van der Waals surface area contributed by atoms with E-state index in [-0.39, 0.29) is 23.3 Å². The van der Waals surface area contributed by atoms with Gasteiger partial charge in [0.05, 0.1) is 4.90 Å². The third-order valence-electron chi connectivity index (χ3n) is 5.48. The van der Waals surface area contributed by atoms with E-state index in [2.05, 4.69) is 24.0 Å². The Bertz CT molecular complexity index is 1000. The number of rotatable bonds is 7. The molecular weight excluding hydrogens is 396 g/mol. The standard InChI is InChI=1S/C24H30N2O3S/c1-18(2)23(24(27)25-16-9-12-20-10-5-4-6-11-20)26-17-15-19(3)21-13-7-8-14-22(21)30(26,28)29/h4-8,10-11,13-14,18,23H,3,9,12,15-17H2,1-2H3,(H,25,27)/t23-/m0/s1. The van der Waals surface area contributed by atoms with Gasteiger partial charge in [-0.2, -0.15) is 4.31 Å². The zero-order valence-electron chi connectivity index (χ0n) is 17.7. The van der Waals surface area contributed by atoms with Crippen LogP contribution in [-0.4, -0.2) is 37.8 Å². The molecule has 3 rings (SSSR count). The van der Waals surface area contributed by atoms with Crippen molar-refractivity contribution in [2.75, 3.05) is 13.1 Å². The molecule has 0 spiro atoms. The first-order valence-corrected chi connectivity index (χ1v) is 11.9. The summed E-state index contributed by atoms with van der Waals surface area (Å²) >= 11 is 0. The second kappa shape index (κ2) is 9.58. The molecule has 0 aromatic heterocycles. The molecular formula is C24H30N2O3S. The fourth-order valence-electron chi connectivity index (χ4n) is 3.92. The second-order valence-corrected chi connectivity index (χ2v) is 9.89. The van der Waals surface area contributed by atoms with E-state index >= 15 is 0 Å².